The molecule has 0 atom stereocenters. The molecule has 34 heavy (non-hydrogen) atoms. The van der Waals surface area contributed by atoms with E-state index in [4.69, 9.17) is 4.74 Å². The predicted octanol–water partition coefficient (Wildman–Crippen LogP) is 4.19. The molecule has 0 fully saturated rings. The molecule has 2 amide bonds. The molecule has 0 saturated carbocycles. The number of carbonyl (C=O) groups excluding carboxylic acids is 2. The van der Waals surface area contributed by atoms with Crippen LogP contribution >= 0.6 is 11.8 Å². The molecule has 1 heterocycles. The normalized spacial score (nSPS) is 14.0. The molecule has 0 saturated heterocycles. The summed E-state index contributed by atoms with van der Waals surface area (Å²) in [6, 6.07) is 0. The predicted molar refractivity (Wildman–Crippen MR) is 140 cm³/mol. The Morgan fingerprint density at radius 3 is 2.21 bits per heavy atom. The molecule has 1 aromatic rings. The molecule has 11 heteroatoms. The summed E-state index contributed by atoms with van der Waals surface area (Å²) in [7, 11) is -4.27. The van der Waals surface area contributed by atoms with Gasteiger partial charge in [-0.3, -0.25) is 9.52 Å². The number of benzene rings is 1. The van der Waals surface area contributed by atoms with E-state index >= 15 is 0 Å². The van der Waals surface area contributed by atoms with Crippen molar-refractivity contribution < 1.29 is 22.7 Å². The Hall–Kier alpha value is -2.14. The fraction of sp³-hybridized carbons (Fsp3) is 0.652. The lowest BCUT2D eigenvalue weighted by molar-refractivity contribution is -0.123. The summed E-state index contributed by atoms with van der Waals surface area (Å²) in [6.07, 6.45) is 1.70. The van der Waals surface area contributed by atoms with Gasteiger partial charge in [0.15, 0.2) is 0 Å². The van der Waals surface area contributed by atoms with Crippen molar-refractivity contribution in [1.29, 1.82) is 0 Å². The van der Waals surface area contributed by atoms with Crippen LogP contribution in [0.1, 0.15) is 58.2 Å². The van der Waals surface area contributed by atoms with Crippen molar-refractivity contribution in [3.63, 3.8) is 0 Å². The highest BCUT2D eigenvalue weighted by Crippen LogP contribution is 2.45. The zero-order valence-corrected chi connectivity index (χ0v) is 23.3. The number of anilines is 3. The van der Waals surface area contributed by atoms with Crippen molar-refractivity contribution in [2.24, 2.45) is 5.41 Å². The Morgan fingerprint density at radius 2 is 1.68 bits per heavy atom. The van der Waals surface area contributed by atoms with E-state index in [0.717, 1.165) is 42.1 Å². The van der Waals surface area contributed by atoms with Crippen LogP contribution in [0.3, 0.4) is 0 Å². The lowest BCUT2D eigenvalue weighted by Gasteiger charge is -2.28. The van der Waals surface area contributed by atoms with Crippen molar-refractivity contribution in [2.75, 3.05) is 40.0 Å². The molecule has 1 aliphatic rings. The van der Waals surface area contributed by atoms with Crippen LogP contribution in [0.4, 0.5) is 21.9 Å². The first-order valence-electron chi connectivity index (χ1n) is 11.2. The van der Waals surface area contributed by atoms with E-state index in [2.05, 4.69) is 14.9 Å². The maximum atomic E-state index is 12.9. The summed E-state index contributed by atoms with van der Waals surface area (Å²) in [6.45, 7) is 15.6. The van der Waals surface area contributed by atoms with Gasteiger partial charge in [0.1, 0.15) is 5.60 Å². The molecule has 0 aromatic heterocycles. The molecule has 3 N–H and O–H groups in total. The van der Waals surface area contributed by atoms with Crippen molar-refractivity contribution in [3.05, 3.63) is 16.7 Å². The van der Waals surface area contributed by atoms with E-state index in [0.29, 0.717) is 16.9 Å². The van der Waals surface area contributed by atoms with E-state index in [9.17, 15) is 18.0 Å². The summed E-state index contributed by atoms with van der Waals surface area (Å²) in [5, 5.41) is 3.05. The number of nitrogens with one attached hydrogen (secondary N) is 3. The van der Waals surface area contributed by atoms with Crippen molar-refractivity contribution in [3.8, 4) is 0 Å². The molecule has 0 unspecified atom stereocenters. The van der Waals surface area contributed by atoms with Crippen molar-refractivity contribution in [2.45, 2.75) is 67.4 Å². The summed E-state index contributed by atoms with van der Waals surface area (Å²) in [5.74, 6) is 0.761. The molecule has 1 aliphatic heterocycles. The molecule has 0 radical (unpaired) electrons. The third-order valence-electron chi connectivity index (χ3n) is 5.39. The van der Waals surface area contributed by atoms with Gasteiger partial charge < -0.3 is 15.0 Å². The third-order valence-corrected chi connectivity index (χ3v) is 6.89. The average Bonchev–Trinajstić information content (AvgIpc) is 3.07. The molecular weight excluding hydrogens is 476 g/mol. The number of thioether (sulfide) groups is 1. The highest BCUT2D eigenvalue weighted by atomic mass is 32.2. The van der Waals surface area contributed by atoms with Crippen LogP contribution in [-0.4, -0.2) is 51.1 Å². The van der Waals surface area contributed by atoms with E-state index in [-0.39, 0.29) is 5.91 Å². The Bertz CT molecular complexity index is 1060. The first-order valence-corrected chi connectivity index (χ1v) is 14.1. The number of amides is 2. The van der Waals surface area contributed by atoms with Gasteiger partial charge in [-0.1, -0.05) is 20.8 Å². The highest BCUT2D eigenvalue weighted by molar-refractivity contribution is 7.98. The van der Waals surface area contributed by atoms with Crippen LogP contribution in [0, 0.1) is 19.3 Å². The standard InChI is InChI=1S/C23H38N4O5S2/c1-14-16-10-11-27(12-13-33-9)19(16)18(24-20(28)22(3,4)5)15(2)17(14)25-34(30,31)26-21(29)32-23(6,7)8/h25H,10-13H2,1-9H3,(H,24,28)(H,26,29). The molecule has 0 bridgehead atoms. The lowest BCUT2D eigenvalue weighted by atomic mass is 9.94. The molecule has 1 aromatic carbocycles. The molecule has 2 rings (SSSR count). The van der Waals surface area contributed by atoms with Crippen LogP contribution in [0.15, 0.2) is 0 Å². The number of hydrogen-bond donors (Lipinski definition) is 3. The maximum Gasteiger partial charge on any atom is 0.422 e. The topological polar surface area (TPSA) is 117 Å². The van der Waals surface area contributed by atoms with Gasteiger partial charge in [-0.15, -0.1) is 0 Å². The van der Waals surface area contributed by atoms with Gasteiger partial charge in [-0.2, -0.15) is 20.2 Å². The van der Waals surface area contributed by atoms with Crippen LogP contribution in [0.5, 0.6) is 0 Å². The Balaban J connectivity index is 2.53. The fourth-order valence-electron chi connectivity index (χ4n) is 3.68. The zero-order chi connectivity index (χ0) is 26.1. The van der Waals surface area contributed by atoms with Gasteiger partial charge in [0.05, 0.1) is 17.1 Å². The quantitative estimate of drug-likeness (QED) is 0.499. The van der Waals surface area contributed by atoms with Gasteiger partial charge in [0.25, 0.3) is 0 Å². The Kier molecular flexibility index (Phi) is 8.46. The minimum atomic E-state index is -4.27. The number of ether oxygens (including phenoxy) is 1. The molecule has 0 spiro atoms. The first kappa shape index (κ1) is 28.1. The van der Waals surface area contributed by atoms with Gasteiger partial charge in [-0.05, 0) is 64.0 Å². The van der Waals surface area contributed by atoms with E-state index in [1.807, 2.05) is 38.7 Å². The second kappa shape index (κ2) is 10.2. The summed E-state index contributed by atoms with van der Waals surface area (Å²) in [4.78, 5) is 27.2. The Morgan fingerprint density at radius 1 is 1.06 bits per heavy atom. The number of fused-ring (bicyclic) bond motifs is 1. The van der Waals surface area contributed by atoms with E-state index in [1.54, 1.807) is 39.5 Å². The van der Waals surface area contributed by atoms with Crippen LogP contribution in [-0.2, 0) is 26.2 Å². The second-order valence-electron chi connectivity index (χ2n) is 10.5. The van der Waals surface area contributed by atoms with Crippen LogP contribution < -0.4 is 19.7 Å². The molecule has 9 nitrogen and oxygen atoms in total. The monoisotopic (exact) mass is 514 g/mol. The van der Waals surface area contributed by atoms with Crippen molar-refractivity contribution in [1.82, 2.24) is 4.72 Å². The van der Waals surface area contributed by atoms with Gasteiger partial charge in [0.2, 0.25) is 5.91 Å². The molecule has 0 aliphatic carbocycles. The van der Waals surface area contributed by atoms with Gasteiger partial charge in [0, 0.05) is 24.3 Å². The fourth-order valence-corrected chi connectivity index (χ4v) is 4.97. The summed E-state index contributed by atoms with van der Waals surface area (Å²) >= 11 is 1.74. The van der Waals surface area contributed by atoms with E-state index < -0.39 is 27.3 Å². The Labute approximate surface area is 207 Å². The smallest absolute Gasteiger partial charge is 0.422 e. The highest BCUT2D eigenvalue weighted by Gasteiger charge is 2.32. The molecule has 192 valence electrons. The van der Waals surface area contributed by atoms with Gasteiger partial charge in [-0.25, -0.2) is 9.52 Å². The number of hydrogen-bond acceptors (Lipinski definition) is 7. The molecular formula is C23H38N4O5S2. The number of nitrogens with zero attached hydrogens (tertiary/aromatic N) is 1. The average molecular weight is 515 g/mol. The zero-order valence-electron chi connectivity index (χ0n) is 21.6. The van der Waals surface area contributed by atoms with Crippen LogP contribution in [0.2, 0.25) is 0 Å². The third kappa shape index (κ3) is 6.94. The largest absolute Gasteiger partial charge is 0.443 e. The first-order chi connectivity index (χ1) is 15.5. The van der Waals surface area contributed by atoms with E-state index in [1.165, 1.54) is 0 Å². The minimum Gasteiger partial charge on any atom is -0.443 e. The van der Waals surface area contributed by atoms with Crippen molar-refractivity contribution >= 4 is 51.0 Å². The minimum absolute atomic E-state index is 0.168. The van der Waals surface area contributed by atoms with Crippen LogP contribution in [0.25, 0.3) is 0 Å². The second-order valence-corrected chi connectivity index (χ2v) is 12.9. The SMILES string of the molecule is CSCCN1CCc2c(C)c(NS(=O)(=O)NC(=O)OC(C)(C)C)c(C)c(NC(=O)C(C)(C)C)c21. The number of rotatable bonds is 7. The van der Waals surface area contributed by atoms with Gasteiger partial charge >= 0.3 is 16.3 Å². The summed E-state index contributed by atoms with van der Waals surface area (Å²) in [5.41, 5.74) is 2.71. The number of carbonyl (C=O) groups is 2. The lowest BCUT2D eigenvalue weighted by Crippen LogP contribution is -2.39. The summed E-state index contributed by atoms with van der Waals surface area (Å²) < 4.78 is 35.0. The maximum absolute atomic E-state index is 12.9.